The summed E-state index contributed by atoms with van der Waals surface area (Å²) < 4.78 is 46.5. The SMILES string of the molecule is CCOc1ccc(N(CC(=O)NCCCSCc2ccc(Cl)cc2)S(=O)(=O)c2ccc(F)cc2)cc1. The van der Waals surface area contributed by atoms with Gasteiger partial charge in [0, 0.05) is 17.3 Å². The maximum absolute atomic E-state index is 13.4. The fraction of sp³-hybridized carbons (Fsp3) is 0.269. The highest BCUT2D eigenvalue weighted by Crippen LogP contribution is 2.26. The summed E-state index contributed by atoms with van der Waals surface area (Å²) in [5.74, 6) is 1.28. The Morgan fingerprint density at radius 2 is 1.69 bits per heavy atom. The molecule has 0 fully saturated rings. The van der Waals surface area contributed by atoms with Crippen molar-refractivity contribution in [3.05, 3.63) is 89.2 Å². The molecule has 0 saturated carbocycles. The van der Waals surface area contributed by atoms with Crippen molar-refractivity contribution >= 4 is 45.0 Å². The Balaban J connectivity index is 1.60. The molecule has 10 heteroatoms. The van der Waals surface area contributed by atoms with Gasteiger partial charge in [-0.2, -0.15) is 11.8 Å². The number of nitrogens with one attached hydrogen (secondary N) is 1. The zero-order valence-electron chi connectivity index (χ0n) is 19.8. The van der Waals surface area contributed by atoms with E-state index in [4.69, 9.17) is 16.3 Å². The molecule has 0 heterocycles. The van der Waals surface area contributed by atoms with E-state index in [9.17, 15) is 17.6 Å². The van der Waals surface area contributed by atoms with Crippen LogP contribution in [0.15, 0.2) is 77.7 Å². The van der Waals surface area contributed by atoms with Crippen LogP contribution in [0.3, 0.4) is 0 Å². The standard InChI is InChI=1S/C26H28ClFN2O4S2/c1-2-34-24-12-10-23(11-13-24)30(36(32,33)25-14-8-22(28)9-15-25)18-26(31)29-16-3-17-35-19-20-4-6-21(27)7-5-20/h4-15H,2-3,16-19H2,1H3,(H,29,31). The van der Waals surface area contributed by atoms with Gasteiger partial charge in [-0.25, -0.2) is 12.8 Å². The van der Waals surface area contributed by atoms with Crippen LogP contribution in [-0.4, -0.2) is 39.8 Å². The number of ether oxygens (including phenoxy) is 1. The van der Waals surface area contributed by atoms with Gasteiger partial charge in [0.25, 0.3) is 10.0 Å². The largest absolute Gasteiger partial charge is 0.494 e. The number of sulfonamides is 1. The molecule has 3 aromatic rings. The number of carbonyl (C=O) groups excluding carboxylic acids is 1. The Hall–Kier alpha value is -2.75. The van der Waals surface area contributed by atoms with Crippen LogP contribution in [0.4, 0.5) is 10.1 Å². The summed E-state index contributed by atoms with van der Waals surface area (Å²) in [6.45, 7) is 2.32. The van der Waals surface area contributed by atoms with Crippen LogP contribution in [0.25, 0.3) is 0 Å². The summed E-state index contributed by atoms with van der Waals surface area (Å²) >= 11 is 7.64. The number of benzene rings is 3. The van der Waals surface area contributed by atoms with E-state index in [0.29, 0.717) is 29.6 Å². The van der Waals surface area contributed by atoms with Gasteiger partial charge in [-0.15, -0.1) is 0 Å². The van der Waals surface area contributed by atoms with Gasteiger partial charge in [0.1, 0.15) is 18.1 Å². The number of hydrogen-bond acceptors (Lipinski definition) is 5. The van der Waals surface area contributed by atoms with Crippen LogP contribution < -0.4 is 14.4 Å². The van der Waals surface area contributed by atoms with Crippen molar-refractivity contribution in [3.8, 4) is 5.75 Å². The lowest BCUT2D eigenvalue weighted by atomic mass is 10.2. The van der Waals surface area contributed by atoms with Gasteiger partial charge >= 0.3 is 0 Å². The number of anilines is 1. The molecular formula is C26H28ClFN2O4S2. The van der Waals surface area contributed by atoms with Gasteiger partial charge in [0.15, 0.2) is 0 Å². The molecule has 0 atom stereocenters. The van der Waals surface area contributed by atoms with Gasteiger partial charge in [0.05, 0.1) is 17.2 Å². The highest BCUT2D eigenvalue weighted by molar-refractivity contribution is 7.98. The topological polar surface area (TPSA) is 75.7 Å². The minimum Gasteiger partial charge on any atom is -0.494 e. The summed E-state index contributed by atoms with van der Waals surface area (Å²) in [5, 5.41) is 3.49. The Morgan fingerprint density at radius 3 is 2.33 bits per heavy atom. The average Bonchev–Trinajstić information content (AvgIpc) is 2.87. The molecule has 0 unspecified atom stereocenters. The number of halogens is 2. The molecule has 0 spiro atoms. The van der Waals surface area contributed by atoms with Crippen LogP contribution in [0.2, 0.25) is 5.02 Å². The molecule has 0 aromatic heterocycles. The highest BCUT2D eigenvalue weighted by atomic mass is 35.5. The Kier molecular flexibility index (Phi) is 10.5. The molecule has 0 saturated heterocycles. The molecule has 0 bridgehead atoms. The molecule has 1 amide bonds. The van der Waals surface area contributed by atoms with Gasteiger partial charge in [-0.1, -0.05) is 23.7 Å². The first-order chi connectivity index (χ1) is 17.3. The Morgan fingerprint density at radius 1 is 1.03 bits per heavy atom. The molecule has 1 N–H and O–H groups in total. The van der Waals surface area contributed by atoms with E-state index >= 15 is 0 Å². The second kappa shape index (κ2) is 13.5. The first-order valence-electron chi connectivity index (χ1n) is 11.4. The van der Waals surface area contributed by atoms with E-state index in [1.165, 1.54) is 17.7 Å². The molecule has 0 aliphatic carbocycles. The van der Waals surface area contributed by atoms with Crippen molar-refractivity contribution in [2.45, 2.75) is 24.0 Å². The van der Waals surface area contributed by atoms with E-state index in [2.05, 4.69) is 5.32 Å². The monoisotopic (exact) mass is 550 g/mol. The molecule has 0 aliphatic rings. The highest BCUT2D eigenvalue weighted by Gasteiger charge is 2.27. The summed E-state index contributed by atoms with van der Waals surface area (Å²) in [6.07, 6.45) is 0.734. The van der Waals surface area contributed by atoms with E-state index in [0.717, 1.165) is 34.4 Å². The molecule has 0 radical (unpaired) electrons. The predicted octanol–water partition coefficient (Wildman–Crippen LogP) is 5.51. The Labute approximate surface area is 220 Å². The second-order valence-electron chi connectivity index (χ2n) is 7.78. The van der Waals surface area contributed by atoms with Gasteiger partial charge in [-0.05, 0) is 85.3 Å². The minimum absolute atomic E-state index is 0.107. The van der Waals surface area contributed by atoms with Gasteiger partial charge in [0.2, 0.25) is 5.91 Å². The number of rotatable bonds is 13. The maximum Gasteiger partial charge on any atom is 0.264 e. The van der Waals surface area contributed by atoms with Crippen LogP contribution in [0.5, 0.6) is 5.75 Å². The normalized spacial score (nSPS) is 11.2. The predicted molar refractivity (Wildman–Crippen MR) is 144 cm³/mol. The van der Waals surface area contributed by atoms with Crippen molar-refractivity contribution in [2.24, 2.45) is 0 Å². The average molecular weight is 551 g/mol. The Bertz CT molecular complexity index is 1220. The number of thioether (sulfide) groups is 1. The van der Waals surface area contributed by atoms with E-state index < -0.39 is 28.3 Å². The van der Waals surface area contributed by atoms with Crippen molar-refractivity contribution in [3.63, 3.8) is 0 Å². The van der Waals surface area contributed by atoms with E-state index in [-0.39, 0.29) is 4.90 Å². The lowest BCUT2D eigenvalue weighted by Crippen LogP contribution is -2.41. The molecular weight excluding hydrogens is 523 g/mol. The molecule has 192 valence electrons. The summed E-state index contributed by atoms with van der Waals surface area (Å²) in [6, 6.07) is 18.6. The summed E-state index contributed by atoms with van der Waals surface area (Å²) in [7, 11) is -4.11. The first-order valence-corrected chi connectivity index (χ1v) is 14.4. The van der Waals surface area contributed by atoms with E-state index in [1.807, 2.05) is 31.2 Å². The maximum atomic E-state index is 13.4. The molecule has 0 aliphatic heterocycles. The zero-order valence-corrected chi connectivity index (χ0v) is 22.2. The van der Waals surface area contributed by atoms with Gasteiger partial charge < -0.3 is 10.1 Å². The third kappa shape index (κ3) is 8.15. The second-order valence-corrected chi connectivity index (χ2v) is 11.2. The van der Waals surface area contributed by atoms with Crippen molar-refractivity contribution in [1.82, 2.24) is 5.32 Å². The third-order valence-electron chi connectivity index (χ3n) is 5.09. The summed E-state index contributed by atoms with van der Waals surface area (Å²) in [4.78, 5) is 12.6. The lowest BCUT2D eigenvalue weighted by Gasteiger charge is -2.24. The molecule has 36 heavy (non-hydrogen) atoms. The first kappa shape index (κ1) is 27.8. The molecule has 6 nitrogen and oxygen atoms in total. The van der Waals surface area contributed by atoms with Crippen molar-refractivity contribution in [2.75, 3.05) is 29.8 Å². The van der Waals surface area contributed by atoms with Gasteiger partial charge in [-0.3, -0.25) is 9.10 Å². The minimum atomic E-state index is -4.11. The number of hydrogen-bond donors (Lipinski definition) is 1. The van der Waals surface area contributed by atoms with Crippen LogP contribution in [0, 0.1) is 5.82 Å². The van der Waals surface area contributed by atoms with Crippen LogP contribution >= 0.6 is 23.4 Å². The van der Waals surface area contributed by atoms with Crippen LogP contribution in [-0.2, 0) is 20.6 Å². The quantitative estimate of drug-likeness (QED) is 0.284. The summed E-state index contributed by atoms with van der Waals surface area (Å²) in [5.41, 5.74) is 1.47. The van der Waals surface area contributed by atoms with Crippen LogP contribution in [0.1, 0.15) is 18.9 Å². The number of nitrogens with zero attached hydrogens (tertiary/aromatic N) is 1. The van der Waals surface area contributed by atoms with Crippen molar-refractivity contribution in [1.29, 1.82) is 0 Å². The fourth-order valence-electron chi connectivity index (χ4n) is 3.28. The molecule has 3 rings (SSSR count). The molecule has 3 aromatic carbocycles. The van der Waals surface area contributed by atoms with Crippen molar-refractivity contribution < 1.29 is 22.3 Å². The number of carbonyl (C=O) groups is 1. The third-order valence-corrected chi connectivity index (χ3v) is 8.25. The number of amides is 1. The van der Waals surface area contributed by atoms with E-state index in [1.54, 1.807) is 36.0 Å². The fourth-order valence-corrected chi connectivity index (χ4v) is 5.75. The smallest absolute Gasteiger partial charge is 0.264 e. The lowest BCUT2D eigenvalue weighted by molar-refractivity contribution is -0.119. The zero-order chi connectivity index (χ0) is 26.0.